The molecule has 5 nitrogen and oxygen atoms in total. The number of amides is 1. The fourth-order valence-corrected chi connectivity index (χ4v) is 5.63. The molecule has 5 aromatic carbocycles. The average molecular weight is 535 g/mol. The Balaban J connectivity index is 1.21. The molecule has 38 heavy (non-hydrogen) atoms. The zero-order chi connectivity index (χ0) is 25.9. The summed E-state index contributed by atoms with van der Waals surface area (Å²) in [6.45, 7) is 0.566. The first-order valence-corrected chi connectivity index (χ1v) is 13.6. The standard InChI is InChI=1S/C31H23ClN4OS/c32-27-14-6-3-11-23(27)19-36-29-16-8-7-15-28(29)34-31(36)38-20-30(37)35-33-18-26-24-12-4-1-9-21(24)17-22-10-2-5-13-25(22)26/h1-18H,19-20H2,(H,35,37)/b33-18-. The lowest BCUT2D eigenvalue weighted by molar-refractivity contribution is -0.118. The van der Waals surface area contributed by atoms with Crippen LogP contribution in [0, 0.1) is 0 Å². The minimum absolute atomic E-state index is 0.180. The number of aromatic nitrogens is 2. The number of carbonyl (C=O) groups is 1. The lowest BCUT2D eigenvalue weighted by Crippen LogP contribution is -2.20. The highest BCUT2D eigenvalue weighted by molar-refractivity contribution is 7.99. The van der Waals surface area contributed by atoms with Gasteiger partial charge in [0.15, 0.2) is 5.16 Å². The molecule has 1 aromatic heterocycles. The van der Waals surface area contributed by atoms with Gasteiger partial charge in [-0.25, -0.2) is 10.4 Å². The van der Waals surface area contributed by atoms with Crippen molar-refractivity contribution in [2.45, 2.75) is 11.7 Å². The van der Waals surface area contributed by atoms with Gasteiger partial charge in [0.05, 0.1) is 29.5 Å². The summed E-state index contributed by atoms with van der Waals surface area (Å²) in [4.78, 5) is 17.5. The summed E-state index contributed by atoms with van der Waals surface area (Å²) in [5, 5.41) is 10.2. The second-order valence-electron chi connectivity index (χ2n) is 8.88. The number of benzene rings is 5. The number of hydrazone groups is 1. The molecule has 6 aromatic rings. The Kier molecular flexibility index (Phi) is 6.82. The van der Waals surface area contributed by atoms with E-state index in [1.165, 1.54) is 11.8 Å². The molecular formula is C31H23ClN4OS. The molecule has 1 heterocycles. The van der Waals surface area contributed by atoms with Gasteiger partial charge in [0.1, 0.15) is 0 Å². The summed E-state index contributed by atoms with van der Waals surface area (Å²) >= 11 is 7.81. The first-order chi connectivity index (χ1) is 18.7. The van der Waals surface area contributed by atoms with Crippen LogP contribution in [-0.2, 0) is 11.3 Å². The summed E-state index contributed by atoms with van der Waals surface area (Å²) in [7, 11) is 0. The Morgan fingerprint density at radius 2 is 1.55 bits per heavy atom. The number of hydrogen-bond donors (Lipinski definition) is 1. The summed E-state index contributed by atoms with van der Waals surface area (Å²) in [6.07, 6.45) is 1.74. The van der Waals surface area contributed by atoms with Gasteiger partial charge in [0, 0.05) is 10.6 Å². The molecular weight excluding hydrogens is 512 g/mol. The smallest absolute Gasteiger partial charge is 0.250 e. The van der Waals surface area contributed by atoms with E-state index < -0.39 is 0 Å². The maximum absolute atomic E-state index is 12.8. The SMILES string of the molecule is O=C(CSc1nc2ccccc2n1Cc1ccccc1Cl)N/N=C\c1c2ccccc2cc2ccccc12. The van der Waals surface area contributed by atoms with Crippen LogP contribution < -0.4 is 5.43 Å². The van der Waals surface area contributed by atoms with Crippen molar-refractivity contribution < 1.29 is 4.79 Å². The van der Waals surface area contributed by atoms with E-state index >= 15 is 0 Å². The van der Waals surface area contributed by atoms with Crippen LogP contribution in [0.15, 0.2) is 113 Å². The molecule has 1 amide bonds. The van der Waals surface area contributed by atoms with E-state index in [-0.39, 0.29) is 11.7 Å². The summed E-state index contributed by atoms with van der Waals surface area (Å²) < 4.78 is 2.10. The molecule has 0 radical (unpaired) electrons. The minimum Gasteiger partial charge on any atom is -0.314 e. The van der Waals surface area contributed by atoms with Gasteiger partial charge in [-0.3, -0.25) is 4.79 Å². The largest absolute Gasteiger partial charge is 0.314 e. The monoisotopic (exact) mass is 534 g/mol. The summed E-state index contributed by atoms with van der Waals surface area (Å²) in [5.41, 5.74) is 6.54. The highest BCUT2D eigenvalue weighted by atomic mass is 35.5. The van der Waals surface area contributed by atoms with E-state index in [0.29, 0.717) is 11.6 Å². The number of para-hydroxylation sites is 2. The third-order valence-electron chi connectivity index (χ3n) is 6.43. The molecule has 7 heteroatoms. The number of nitrogens with zero attached hydrogens (tertiary/aromatic N) is 3. The lowest BCUT2D eigenvalue weighted by atomic mass is 9.97. The van der Waals surface area contributed by atoms with Crippen molar-refractivity contribution in [2.24, 2.45) is 5.10 Å². The van der Waals surface area contributed by atoms with Crippen LogP contribution in [0.4, 0.5) is 0 Å². The zero-order valence-corrected chi connectivity index (χ0v) is 21.9. The molecule has 0 unspecified atom stereocenters. The molecule has 0 aliphatic rings. The molecule has 1 N–H and O–H groups in total. The van der Waals surface area contributed by atoms with E-state index in [9.17, 15) is 4.79 Å². The normalized spacial score (nSPS) is 11.6. The van der Waals surface area contributed by atoms with Crippen LogP contribution >= 0.6 is 23.4 Å². The van der Waals surface area contributed by atoms with Crippen LogP contribution in [0.1, 0.15) is 11.1 Å². The van der Waals surface area contributed by atoms with E-state index in [1.54, 1.807) is 6.21 Å². The Hall–Kier alpha value is -4.13. The van der Waals surface area contributed by atoms with Crippen molar-refractivity contribution in [1.29, 1.82) is 0 Å². The van der Waals surface area contributed by atoms with Gasteiger partial charge in [-0.1, -0.05) is 102 Å². The second kappa shape index (κ2) is 10.7. The van der Waals surface area contributed by atoms with Crippen molar-refractivity contribution in [3.05, 3.63) is 119 Å². The van der Waals surface area contributed by atoms with Gasteiger partial charge in [0.25, 0.3) is 5.91 Å². The maximum atomic E-state index is 12.8. The second-order valence-corrected chi connectivity index (χ2v) is 10.2. The van der Waals surface area contributed by atoms with Crippen LogP contribution in [0.5, 0.6) is 0 Å². The molecule has 0 atom stereocenters. The van der Waals surface area contributed by atoms with Crippen LogP contribution in [-0.4, -0.2) is 27.4 Å². The van der Waals surface area contributed by atoms with Crippen LogP contribution in [0.25, 0.3) is 32.6 Å². The number of nitrogens with one attached hydrogen (secondary N) is 1. The average Bonchev–Trinajstić information content (AvgIpc) is 3.30. The molecule has 0 bridgehead atoms. The van der Waals surface area contributed by atoms with Crippen molar-refractivity contribution in [1.82, 2.24) is 15.0 Å². The zero-order valence-electron chi connectivity index (χ0n) is 20.3. The molecule has 0 spiro atoms. The highest BCUT2D eigenvalue weighted by Crippen LogP contribution is 2.28. The molecule has 186 valence electrons. The van der Waals surface area contributed by atoms with Gasteiger partial charge in [-0.15, -0.1) is 0 Å². The van der Waals surface area contributed by atoms with Gasteiger partial charge in [-0.2, -0.15) is 5.10 Å². The van der Waals surface area contributed by atoms with E-state index in [0.717, 1.165) is 48.9 Å². The number of imidazole rings is 1. The van der Waals surface area contributed by atoms with Crippen molar-refractivity contribution in [3.63, 3.8) is 0 Å². The van der Waals surface area contributed by atoms with Crippen molar-refractivity contribution >= 4 is 68.1 Å². The Bertz CT molecular complexity index is 1770. The van der Waals surface area contributed by atoms with Crippen molar-refractivity contribution in [3.8, 4) is 0 Å². The fourth-order valence-electron chi connectivity index (χ4n) is 4.63. The number of thioether (sulfide) groups is 1. The Morgan fingerprint density at radius 3 is 2.32 bits per heavy atom. The van der Waals surface area contributed by atoms with E-state index in [1.807, 2.05) is 72.8 Å². The Morgan fingerprint density at radius 1 is 0.895 bits per heavy atom. The Labute approximate surface area is 229 Å². The van der Waals surface area contributed by atoms with E-state index in [4.69, 9.17) is 16.6 Å². The minimum atomic E-state index is -0.202. The first kappa shape index (κ1) is 24.2. The number of fused-ring (bicyclic) bond motifs is 3. The number of hydrogen-bond acceptors (Lipinski definition) is 4. The highest BCUT2D eigenvalue weighted by Gasteiger charge is 2.14. The number of rotatable bonds is 7. The number of halogens is 1. The van der Waals surface area contributed by atoms with Crippen LogP contribution in [0.3, 0.4) is 0 Å². The van der Waals surface area contributed by atoms with Gasteiger partial charge < -0.3 is 4.57 Å². The van der Waals surface area contributed by atoms with Crippen molar-refractivity contribution in [2.75, 3.05) is 5.75 Å². The predicted octanol–water partition coefficient (Wildman–Crippen LogP) is 7.29. The number of carbonyl (C=O) groups excluding carboxylic acids is 1. The molecule has 0 aliphatic heterocycles. The van der Waals surface area contributed by atoms with Gasteiger partial charge in [0.2, 0.25) is 0 Å². The molecule has 6 rings (SSSR count). The molecule has 0 fully saturated rings. The third kappa shape index (κ3) is 4.88. The summed E-state index contributed by atoms with van der Waals surface area (Å²) in [5.74, 6) is -0.0217. The fraction of sp³-hybridized carbons (Fsp3) is 0.0645. The van der Waals surface area contributed by atoms with E-state index in [2.05, 4.69) is 45.4 Å². The lowest BCUT2D eigenvalue weighted by Gasteiger charge is -2.10. The quantitative estimate of drug-likeness (QED) is 0.101. The third-order valence-corrected chi connectivity index (χ3v) is 7.78. The first-order valence-electron chi connectivity index (χ1n) is 12.2. The molecule has 0 aliphatic carbocycles. The topological polar surface area (TPSA) is 59.3 Å². The summed E-state index contributed by atoms with van der Waals surface area (Å²) in [6, 6.07) is 34.3. The molecule has 0 saturated heterocycles. The molecule has 0 saturated carbocycles. The van der Waals surface area contributed by atoms with Crippen LogP contribution in [0.2, 0.25) is 5.02 Å². The predicted molar refractivity (Wildman–Crippen MR) is 158 cm³/mol. The maximum Gasteiger partial charge on any atom is 0.250 e. The van der Waals surface area contributed by atoms with Gasteiger partial charge >= 0.3 is 0 Å². The van der Waals surface area contributed by atoms with Gasteiger partial charge in [-0.05, 0) is 51.4 Å².